The fraction of sp³-hybridized carbons (Fsp3) is 0.273. The molecule has 7 heteroatoms. The Morgan fingerprint density at radius 1 is 1.50 bits per heavy atom. The molecule has 0 N–H and O–H groups in total. The van der Waals surface area contributed by atoms with Crippen molar-refractivity contribution in [3.05, 3.63) is 35.1 Å². The van der Waals surface area contributed by atoms with Crippen LogP contribution in [0.5, 0.6) is 0 Å². The Morgan fingerprint density at radius 3 is 2.72 bits per heavy atom. The Morgan fingerprint density at radius 2 is 2.17 bits per heavy atom. The Bertz CT molecular complexity index is 604. The lowest BCUT2D eigenvalue weighted by molar-refractivity contribution is -0.137. The first-order chi connectivity index (χ1) is 8.38. The van der Waals surface area contributed by atoms with Gasteiger partial charge < -0.3 is 4.74 Å². The molecule has 0 aromatic heterocycles. The zero-order chi connectivity index (χ0) is 13.8. The van der Waals surface area contributed by atoms with E-state index in [0.717, 1.165) is 19.2 Å². The quantitative estimate of drug-likeness (QED) is 0.756. The van der Waals surface area contributed by atoms with E-state index in [2.05, 4.69) is 4.74 Å². The highest BCUT2D eigenvalue weighted by molar-refractivity contribution is 7.91. The molecule has 1 rings (SSSR count). The predicted octanol–water partition coefficient (Wildman–Crippen LogP) is 0.785. The number of halogens is 1. The molecule has 0 saturated heterocycles. The lowest BCUT2D eigenvalue weighted by Gasteiger charge is -2.05. The van der Waals surface area contributed by atoms with Crippen molar-refractivity contribution in [3.63, 3.8) is 0 Å². The standard InChI is InChI=1S/C11H10FNO4S/c1-17-11(14)7-18(15,16)6-9-4-8(5-13)2-3-10(9)12/h2-4H,6-7H2,1H3. The summed E-state index contributed by atoms with van der Waals surface area (Å²) in [7, 11) is -2.75. The summed E-state index contributed by atoms with van der Waals surface area (Å²) in [6.45, 7) is 0. The lowest BCUT2D eigenvalue weighted by Crippen LogP contribution is -2.19. The van der Waals surface area contributed by atoms with Crippen molar-refractivity contribution in [2.75, 3.05) is 12.9 Å². The molecule has 1 aromatic rings. The number of nitrogens with zero attached hydrogens (tertiary/aromatic N) is 1. The number of esters is 1. The summed E-state index contributed by atoms with van der Waals surface area (Å²) in [6.07, 6.45) is 0. The van der Waals surface area contributed by atoms with Gasteiger partial charge in [-0.25, -0.2) is 12.8 Å². The number of sulfone groups is 1. The molecule has 0 aliphatic rings. The first kappa shape index (κ1) is 14.1. The van der Waals surface area contributed by atoms with Crippen LogP contribution < -0.4 is 0 Å². The maximum absolute atomic E-state index is 13.4. The van der Waals surface area contributed by atoms with Gasteiger partial charge in [-0.15, -0.1) is 0 Å². The molecular weight excluding hydrogens is 261 g/mol. The van der Waals surface area contributed by atoms with Gasteiger partial charge in [0.1, 0.15) is 11.6 Å². The average molecular weight is 271 g/mol. The van der Waals surface area contributed by atoms with Crippen molar-refractivity contribution in [2.45, 2.75) is 5.75 Å². The average Bonchev–Trinajstić information content (AvgIpc) is 2.31. The van der Waals surface area contributed by atoms with E-state index in [1.54, 1.807) is 6.07 Å². The summed E-state index contributed by atoms with van der Waals surface area (Å²) in [5.74, 6) is -3.11. The van der Waals surface area contributed by atoms with Gasteiger partial charge in [0.15, 0.2) is 9.84 Å². The van der Waals surface area contributed by atoms with Gasteiger partial charge in [-0.1, -0.05) is 0 Å². The SMILES string of the molecule is COC(=O)CS(=O)(=O)Cc1cc(C#N)ccc1F. The molecule has 0 unspecified atom stereocenters. The summed E-state index contributed by atoms with van der Waals surface area (Å²) in [6, 6.07) is 5.18. The van der Waals surface area contributed by atoms with Crippen molar-refractivity contribution in [1.82, 2.24) is 0 Å². The van der Waals surface area contributed by atoms with Gasteiger partial charge in [-0.05, 0) is 18.2 Å². The first-order valence-corrected chi connectivity index (χ1v) is 6.66. The highest BCUT2D eigenvalue weighted by Crippen LogP contribution is 2.14. The van der Waals surface area contributed by atoms with E-state index >= 15 is 0 Å². The summed E-state index contributed by atoms with van der Waals surface area (Å²) in [4.78, 5) is 10.9. The van der Waals surface area contributed by atoms with Crippen LogP contribution in [0.2, 0.25) is 0 Å². The Hall–Kier alpha value is -1.94. The lowest BCUT2D eigenvalue weighted by atomic mass is 10.1. The number of carbonyl (C=O) groups excluding carboxylic acids is 1. The third kappa shape index (κ3) is 3.82. The van der Waals surface area contributed by atoms with Crippen LogP contribution >= 0.6 is 0 Å². The van der Waals surface area contributed by atoms with E-state index in [4.69, 9.17) is 5.26 Å². The number of methoxy groups -OCH3 is 1. The number of rotatable bonds is 4. The maximum Gasteiger partial charge on any atom is 0.320 e. The molecule has 96 valence electrons. The van der Waals surface area contributed by atoms with E-state index in [1.807, 2.05) is 0 Å². The van der Waals surface area contributed by atoms with Gasteiger partial charge in [0.25, 0.3) is 0 Å². The number of nitriles is 1. The number of hydrogen-bond donors (Lipinski definition) is 0. The van der Waals surface area contributed by atoms with Crippen LogP contribution in [0.4, 0.5) is 4.39 Å². The van der Waals surface area contributed by atoms with Gasteiger partial charge in [-0.3, -0.25) is 4.79 Å². The fourth-order valence-electron chi connectivity index (χ4n) is 1.28. The Labute approximate surface area is 104 Å². The molecule has 0 saturated carbocycles. The van der Waals surface area contributed by atoms with E-state index in [0.29, 0.717) is 0 Å². The Balaban J connectivity index is 2.97. The molecule has 0 radical (unpaired) electrons. The van der Waals surface area contributed by atoms with E-state index in [9.17, 15) is 17.6 Å². The summed E-state index contributed by atoms with van der Waals surface area (Å²) in [5, 5.41) is 8.64. The van der Waals surface area contributed by atoms with Crippen LogP contribution in [0, 0.1) is 17.1 Å². The van der Waals surface area contributed by atoms with E-state index in [-0.39, 0.29) is 11.1 Å². The van der Waals surface area contributed by atoms with E-state index < -0.39 is 33.1 Å². The zero-order valence-electron chi connectivity index (χ0n) is 9.51. The molecule has 0 aliphatic carbocycles. The summed E-state index contributed by atoms with van der Waals surface area (Å²) in [5.41, 5.74) is 0.0117. The van der Waals surface area contributed by atoms with Crippen LogP contribution in [0.1, 0.15) is 11.1 Å². The van der Waals surface area contributed by atoms with Crippen molar-refractivity contribution in [3.8, 4) is 6.07 Å². The maximum atomic E-state index is 13.4. The highest BCUT2D eigenvalue weighted by atomic mass is 32.2. The van der Waals surface area contributed by atoms with Gasteiger partial charge in [0.2, 0.25) is 0 Å². The molecule has 0 aliphatic heterocycles. The van der Waals surface area contributed by atoms with Gasteiger partial charge in [0, 0.05) is 5.56 Å². The van der Waals surface area contributed by atoms with Crippen molar-refractivity contribution in [2.24, 2.45) is 0 Å². The topological polar surface area (TPSA) is 84.2 Å². The molecule has 0 bridgehead atoms. The van der Waals surface area contributed by atoms with Gasteiger partial charge in [0.05, 0.1) is 24.5 Å². The number of hydrogen-bond acceptors (Lipinski definition) is 5. The minimum atomic E-state index is -3.82. The molecule has 0 atom stereocenters. The molecule has 0 fully saturated rings. The van der Waals surface area contributed by atoms with Crippen LogP contribution in [-0.2, 0) is 25.1 Å². The smallest absolute Gasteiger partial charge is 0.320 e. The minimum absolute atomic E-state index is 0.141. The molecule has 0 heterocycles. The number of carbonyl (C=O) groups is 1. The van der Waals surface area contributed by atoms with Crippen molar-refractivity contribution < 1.29 is 22.3 Å². The minimum Gasteiger partial charge on any atom is -0.468 e. The van der Waals surface area contributed by atoms with Crippen LogP contribution in [-0.4, -0.2) is 27.2 Å². The third-order valence-electron chi connectivity index (χ3n) is 2.12. The number of benzene rings is 1. The molecule has 18 heavy (non-hydrogen) atoms. The highest BCUT2D eigenvalue weighted by Gasteiger charge is 2.20. The molecular formula is C11H10FNO4S. The van der Waals surface area contributed by atoms with Crippen molar-refractivity contribution >= 4 is 15.8 Å². The van der Waals surface area contributed by atoms with E-state index in [1.165, 1.54) is 6.07 Å². The first-order valence-electron chi connectivity index (χ1n) is 4.83. The predicted molar refractivity (Wildman–Crippen MR) is 60.6 cm³/mol. The van der Waals surface area contributed by atoms with Gasteiger partial charge in [-0.2, -0.15) is 5.26 Å². The molecule has 0 amide bonds. The fourth-order valence-corrected chi connectivity index (χ4v) is 2.56. The van der Waals surface area contributed by atoms with Gasteiger partial charge >= 0.3 is 5.97 Å². The number of ether oxygens (including phenoxy) is 1. The third-order valence-corrected chi connectivity index (χ3v) is 3.54. The second-order valence-corrected chi connectivity index (χ2v) is 5.59. The van der Waals surface area contributed by atoms with Crippen LogP contribution in [0.15, 0.2) is 18.2 Å². The normalized spacial score (nSPS) is 10.7. The summed E-state index contributed by atoms with van der Waals surface area (Å²) >= 11 is 0. The molecule has 1 aromatic carbocycles. The zero-order valence-corrected chi connectivity index (χ0v) is 10.3. The largest absolute Gasteiger partial charge is 0.468 e. The second-order valence-electron chi connectivity index (χ2n) is 3.53. The molecule has 5 nitrogen and oxygen atoms in total. The molecule has 0 spiro atoms. The van der Waals surface area contributed by atoms with Crippen LogP contribution in [0.3, 0.4) is 0 Å². The monoisotopic (exact) mass is 271 g/mol. The second kappa shape index (κ2) is 5.60. The van der Waals surface area contributed by atoms with Crippen molar-refractivity contribution in [1.29, 1.82) is 5.26 Å². The van der Waals surface area contributed by atoms with Crippen LogP contribution in [0.25, 0.3) is 0 Å². The summed E-state index contributed by atoms with van der Waals surface area (Å²) < 4.78 is 40.7. The Kier molecular flexibility index (Phi) is 4.39.